The van der Waals surface area contributed by atoms with E-state index >= 15 is 0 Å². The van der Waals surface area contributed by atoms with Crippen LogP contribution < -0.4 is 16.0 Å². The minimum Gasteiger partial charge on any atom is -0.382 e. The van der Waals surface area contributed by atoms with E-state index in [1.54, 1.807) is 7.05 Å². The molecule has 6 nitrogen and oxygen atoms in total. The summed E-state index contributed by atoms with van der Waals surface area (Å²) < 4.78 is 42.7. The first-order chi connectivity index (χ1) is 12.4. The zero-order valence-corrected chi connectivity index (χ0v) is 17.7. The Balaban J connectivity index is 0.00000676. The Bertz CT molecular complexity index is 581. The van der Waals surface area contributed by atoms with E-state index in [-0.39, 0.29) is 29.5 Å². The predicted molar refractivity (Wildman–Crippen MR) is 110 cm³/mol. The summed E-state index contributed by atoms with van der Waals surface area (Å²) in [4.78, 5) is 16.0. The first kappa shape index (κ1) is 25.4. The van der Waals surface area contributed by atoms with Crippen LogP contribution in [0.4, 0.5) is 13.2 Å². The van der Waals surface area contributed by atoms with Crippen LogP contribution in [0.2, 0.25) is 0 Å². The summed E-state index contributed by atoms with van der Waals surface area (Å²) in [5, 5.41) is 8.77. The smallest absolute Gasteiger partial charge is 0.382 e. The second-order valence-electron chi connectivity index (χ2n) is 5.31. The van der Waals surface area contributed by atoms with Gasteiger partial charge in [0.1, 0.15) is 0 Å². The summed E-state index contributed by atoms with van der Waals surface area (Å²) in [6.45, 7) is 4.73. The van der Waals surface area contributed by atoms with Crippen molar-refractivity contribution in [3.63, 3.8) is 0 Å². The van der Waals surface area contributed by atoms with E-state index in [2.05, 4.69) is 20.9 Å². The van der Waals surface area contributed by atoms with Crippen LogP contribution in [0.25, 0.3) is 0 Å². The number of rotatable bonds is 9. The van der Waals surface area contributed by atoms with E-state index in [9.17, 15) is 18.0 Å². The number of hydrogen-bond acceptors (Lipinski definition) is 3. The molecule has 0 unspecified atom stereocenters. The average Bonchev–Trinajstić information content (AvgIpc) is 2.62. The Labute approximate surface area is 174 Å². The van der Waals surface area contributed by atoms with Gasteiger partial charge in [0.05, 0.1) is 5.56 Å². The van der Waals surface area contributed by atoms with Crippen molar-refractivity contribution in [1.29, 1.82) is 0 Å². The maximum absolute atomic E-state index is 12.5. The number of nitrogens with zero attached hydrogens (tertiary/aromatic N) is 1. The highest BCUT2D eigenvalue weighted by Gasteiger charge is 2.30. The second kappa shape index (κ2) is 13.6. The Morgan fingerprint density at radius 1 is 1.07 bits per heavy atom. The fourth-order valence-electron chi connectivity index (χ4n) is 2.02. The summed E-state index contributed by atoms with van der Waals surface area (Å²) >= 11 is 0. The zero-order valence-electron chi connectivity index (χ0n) is 15.4. The number of ether oxygens (including phenoxy) is 1. The lowest BCUT2D eigenvalue weighted by Gasteiger charge is -2.12. The minimum atomic E-state index is -4.41. The molecule has 1 rings (SSSR count). The van der Waals surface area contributed by atoms with Crippen LogP contribution in [0.3, 0.4) is 0 Å². The third-order valence-corrected chi connectivity index (χ3v) is 3.36. The van der Waals surface area contributed by atoms with Gasteiger partial charge in [0.25, 0.3) is 5.91 Å². The fourth-order valence-corrected chi connectivity index (χ4v) is 2.02. The molecular weight excluding hydrogens is 476 g/mol. The Morgan fingerprint density at radius 3 is 2.22 bits per heavy atom. The summed E-state index contributed by atoms with van der Waals surface area (Å²) in [5.74, 6) is 0.172. The summed E-state index contributed by atoms with van der Waals surface area (Å²) in [5.41, 5.74) is -0.605. The van der Waals surface area contributed by atoms with Crippen LogP contribution in [-0.2, 0) is 10.9 Å². The van der Waals surface area contributed by atoms with Gasteiger partial charge in [-0.25, -0.2) is 0 Å². The molecule has 154 valence electrons. The molecule has 0 aliphatic heterocycles. The Hall–Kier alpha value is -1.56. The molecular formula is C17H26F3IN4O2. The fraction of sp³-hybridized carbons (Fsp3) is 0.529. The molecule has 0 radical (unpaired) electrons. The van der Waals surface area contributed by atoms with Crippen molar-refractivity contribution in [3.8, 4) is 0 Å². The molecule has 0 saturated carbocycles. The standard InChI is InChI=1S/C17H25F3N4O2.HI/c1-3-26-12-4-9-23-16(21-2)24-11-10-22-15(25)13-5-7-14(8-6-13)17(18,19)20;/h5-8H,3-4,9-12H2,1-2H3,(H,22,25)(H2,21,23,24);1H. The number of amides is 1. The van der Waals surface area contributed by atoms with Crippen molar-refractivity contribution in [3.05, 3.63) is 35.4 Å². The monoisotopic (exact) mass is 502 g/mol. The maximum Gasteiger partial charge on any atom is 0.416 e. The lowest BCUT2D eigenvalue weighted by molar-refractivity contribution is -0.137. The molecule has 0 fully saturated rings. The van der Waals surface area contributed by atoms with Gasteiger partial charge >= 0.3 is 6.18 Å². The molecule has 10 heteroatoms. The topological polar surface area (TPSA) is 74.8 Å². The molecule has 0 aliphatic rings. The van der Waals surface area contributed by atoms with Gasteiger partial charge in [-0.05, 0) is 37.6 Å². The van der Waals surface area contributed by atoms with E-state index in [1.807, 2.05) is 6.92 Å². The third-order valence-electron chi connectivity index (χ3n) is 3.36. The highest BCUT2D eigenvalue weighted by Crippen LogP contribution is 2.28. The number of guanidine groups is 1. The molecule has 1 aromatic rings. The van der Waals surface area contributed by atoms with E-state index in [4.69, 9.17) is 4.74 Å². The van der Waals surface area contributed by atoms with Gasteiger partial charge in [-0.2, -0.15) is 13.2 Å². The SMILES string of the molecule is CCOCCCNC(=NC)NCCNC(=O)c1ccc(C(F)(F)F)cc1.I. The number of alkyl halides is 3. The van der Waals surface area contributed by atoms with Gasteiger partial charge < -0.3 is 20.7 Å². The van der Waals surface area contributed by atoms with E-state index in [1.165, 1.54) is 0 Å². The third kappa shape index (κ3) is 10.4. The maximum atomic E-state index is 12.5. The largest absolute Gasteiger partial charge is 0.416 e. The van der Waals surface area contributed by atoms with Crippen LogP contribution in [0.5, 0.6) is 0 Å². The molecule has 1 aromatic carbocycles. The molecule has 0 saturated heterocycles. The van der Waals surface area contributed by atoms with Crippen molar-refractivity contribution in [1.82, 2.24) is 16.0 Å². The molecule has 0 atom stereocenters. The minimum absolute atomic E-state index is 0. The number of hydrogen-bond donors (Lipinski definition) is 3. The van der Waals surface area contributed by atoms with E-state index in [0.29, 0.717) is 38.8 Å². The number of halogens is 4. The molecule has 0 heterocycles. The van der Waals surface area contributed by atoms with Crippen LogP contribution in [-0.4, -0.2) is 51.8 Å². The highest BCUT2D eigenvalue weighted by molar-refractivity contribution is 14.0. The van der Waals surface area contributed by atoms with Gasteiger partial charge in [-0.15, -0.1) is 24.0 Å². The van der Waals surface area contributed by atoms with Gasteiger partial charge in [0, 0.05) is 45.5 Å². The van der Waals surface area contributed by atoms with Crippen LogP contribution in [0.15, 0.2) is 29.3 Å². The van der Waals surface area contributed by atoms with Crippen molar-refractivity contribution < 1.29 is 22.7 Å². The zero-order chi connectivity index (χ0) is 19.4. The molecule has 27 heavy (non-hydrogen) atoms. The van der Waals surface area contributed by atoms with Crippen molar-refractivity contribution >= 4 is 35.8 Å². The Kier molecular flexibility index (Phi) is 12.8. The molecule has 0 spiro atoms. The van der Waals surface area contributed by atoms with Gasteiger partial charge in [0.15, 0.2) is 5.96 Å². The second-order valence-corrected chi connectivity index (χ2v) is 5.31. The van der Waals surface area contributed by atoms with Gasteiger partial charge in [-0.3, -0.25) is 9.79 Å². The molecule has 3 N–H and O–H groups in total. The van der Waals surface area contributed by atoms with Crippen molar-refractivity contribution in [2.24, 2.45) is 4.99 Å². The number of nitrogens with one attached hydrogen (secondary N) is 3. The van der Waals surface area contributed by atoms with E-state index < -0.39 is 17.6 Å². The molecule has 0 aliphatic carbocycles. The van der Waals surface area contributed by atoms with Gasteiger partial charge in [0.2, 0.25) is 0 Å². The summed E-state index contributed by atoms with van der Waals surface area (Å²) in [6, 6.07) is 4.09. The number of carbonyl (C=O) groups is 1. The van der Waals surface area contributed by atoms with Crippen LogP contribution in [0.1, 0.15) is 29.3 Å². The number of aliphatic imine (C=N–C) groups is 1. The summed E-state index contributed by atoms with van der Waals surface area (Å²) in [6.07, 6.45) is -3.57. The highest BCUT2D eigenvalue weighted by atomic mass is 127. The number of benzene rings is 1. The predicted octanol–water partition coefficient (Wildman–Crippen LogP) is 2.64. The molecule has 0 aromatic heterocycles. The Morgan fingerprint density at radius 2 is 1.67 bits per heavy atom. The first-order valence-corrected chi connectivity index (χ1v) is 8.36. The number of carbonyl (C=O) groups excluding carboxylic acids is 1. The first-order valence-electron chi connectivity index (χ1n) is 8.36. The molecule has 0 bridgehead atoms. The summed E-state index contributed by atoms with van der Waals surface area (Å²) in [7, 11) is 1.64. The van der Waals surface area contributed by atoms with Crippen molar-refractivity contribution in [2.75, 3.05) is 39.9 Å². The average molecular weight is 502 g/mol. The normalized spacial score (nSPS) is 11.5. The van der Waals surface area contributed by atoms with Crippen LogP contribution >= 0.6 is 24.0 Å². The van der Waals surface area contributed by atoms with Crippen molar-refractivity contribution in [2.45, 2.75) is 19.5 Å². The lowest BCUT2D eigenvalue weighted by Crippen LogP contribution is -2.42. The molecule has 1 amide bonds. The van der Waals surface area contributed by atoms with Gasteiger partial charge in [-0.1, -0.05) is 0 Å². The lowest BCUT2D eigenvalue weighted by atomic mass is 10.1. The quantitative estimate of drug-likeness (QED) is 0.210. The van der Waals surface area contributed by atoms with Crippen LogP contribution in [0, 0.1) is 0 Å². The van der Waals surface area contributed by atoms with E-state index in [0.717, 1.165) is 30.7 Å².